The lowest BCUT2D eigenvalue weighted by Crippen LogP contribution is -2.25. The summed E-state index contributed by atoms with van der Waals surface area (Å²) in [5, 5.41) is 1.36. The van der Waals surface area contributed by atoms with Crippen LogP contribution >= 0.6 is 11.6 Å². The van der Waals surface area contributed by atoms with Gasteiger partial charge in [-0.15, -0.1) is 0 Å². The van der Waals surface area contributed by atoms with Gasteiger partial charge in [-0.25, -0.2) is 4.79 Å². The summed E-state index contributed by atoms with van der Waals surface area (Å²) < 4.78 is 14.9. The first-order valence-electron chi connectivity index (χ1n) is 7.21. The van der Waals surface area contributed by atoms with Gasteiger partial charge in [-0.1, -0.05) is 18.2 Å². The molecule has 6 heteroatoms. The number of carbonyl (C=O) groups excluding carboxylic acids is 1. The van der Waals surface area contributed by atoms with E-state index in [0.29, 0.717) is 29.5 Å². The van der Waals surface area contributed by atoms with Crippen LogP contribution in [-0.4, -0.2) is 41.6 Å². The van der Waals surface area contributed by atoms with E-state index >= 15 is 0 Å². The second-order valence-electron chi connectivity index (χ2n) is 4.91. The Morgan fingerprint density at radius 3 is 3.09 bits per heavy atom. The molecule has 122 valence electrons. The van der Waals surface area contributed by atoms with Crippen molar-refractivity contribution in [3.63, 3.8) is 0 Å². The van der Waals surface area contributed by atoms with Gasteiger partial charge < -0.3 is 14.2 Å². The van der Waals surface area contributed by atoms with Crippen LogP contribution < -0.4 is 4.74 Å². The summed E-state index contributed by atoms with van der Waals surface area (Å²) in [6.45, 7) is 6.14. The number of ether oxygens (including phenoxy) is 3. The van der Waals surface area contributed by atoms with E-state index in [4.69, 9.17) is 21.1 Å². The van der Waals surface area contributed by atoms with Crippen LogP contribution in [0.5, 0.6) is 5.75 Å². The summed E-state index contributed by atoms with van der Waals surface area (Å²) in [5.74, 6) is 0.0382. The van der Waals surface area contributed by atoms with Crippen molar-refractivity contribution in [2.45, 2.75) is 13.0 Å². The summed E-state index contributed by atoms with van der Waals surface area (Å²) in [4.78, 5) is 16.1. The molecule has 23 heavy (non-hydrogen) atoms. The number of rotatable bonds is 8. The van der Waals surface area contributed by atoms with Crippen molar-refractivity contribution in [2.75, 3.05) is 19.8 Å². The van der Waals surface area contributed by atoms with Crippen molar-refractivity contribution in [1.29, 1.82) is 0 Å². The number of aromatic nitrogens is 1. The Hall–Kier alpha value is -2.11. The topological polar surface area (TPSA) is 61.2 Å². The van der Waals surface area contributed by atoms with Gasteiger partial charge in [-0.05, 0) is 37.3 Å². The molecule has 0 bridgehead atoms. The van der Waals surface area contributed by atoms with E-state index in [1.807, 2.05) is 6.07 Å². The number of fused-ring (bicyclic) bond motifs is 1. The number of hydrogen-bond donors (Lipinski definition) is 0. The van der Waals surface area contributed by atoms with Gasteiger partial charge in [0.25, 0.3) is 0 Å². The highest BCUT2D eigenvalue weighted by Crippen LogP contribution is 2.29. The largest absolute Gasteiger partial charge is 0.480 e. The van der Waals surface area contributed by atoms with Crippen LogP contribution in [0.25, 0.3) is 10.9 Å². The minimum atomic E-state index is -0.453. The van der Waals surface area contributed by atoms with E-state index in [1.165, 1.54) is 0 Å². The van der Waals surface area contributed by atoms with Gasteiger partial charge in [-0.2, -0.15) is 0 Å². The summed E-state index contributed by atoms with van der Waals surface area (Å²) in [6.07, 6.45) is 3.04. The lowest BCUT2D eigenvalue weighted by atomic mass is 10.2. The highest BCUT2D eigenvalue weighted by atomic mass is 35.5. The molecule has 1 atom stereocenters. The van der Waals surface area contributed by atoms with Crippen molar-refractivity contribution in [3.8, 4) is 5.75 Å². The first kappa shape index (κ1) is 17.2. The summed E-state index contributed by atoms with van der Waals surface area (Å²) >= 11 is 6.12. The fourth-order valence-corrected chi connectivity index (χ4v) is 2.22. The van der Waals surface area contributed by atoms with Gasteiger partial charge in [0.05, 0.1) is 5.02 Å². The second kappa shape index (κ2) is 8.50. The van der Waals surface area contributed by atoms with Gasteiger partial charge in [0.2, 0.25) is 0 Å². The quantitative estimate of drug-likeness (QED) is 0.322. The predicted octanol–water partition coefficient (Wildman–Crippen LogP) is 2.91. The summed E-state index contributed by atoms with van der Waals surface area (Å²) in [7, 11) is 0. The molecule has 5 nitrogen and oxygen atoms in total. The Kier molecular flexibility index (Phi) is 6.38. The third-order valence-corrected chi connectivity index (χ3v) is 3.33. The van der Waals surface area contributed by atoms with Crippen molar-refractivity contribution in [2.24, 2.45) is 0 Å². The Morgan fingerprint density at radius 1 is 1.48 bits per heavy atom. The smallest absolute Gasteiger partial charge is 0.344 e. The molecule has 0 saturated carbocycles. The number of halogens is 1. The predicted molar refractivity (Wildman–Crippen MR) is 90.0 cm³/mol. The molecule has 0 aliphatic carbocycles. The third-order valence-electron chi connectivity index (χ3n) is 3.00. The molecular formula is C17H19ClNO4+. The van der Waals surface area contributed by atoms with E-state index < -0.39 is 5.97 Å². The molecule has 0 aliphatic heterocycles. The molecule has 0 saturated heterocycles. The minimum absolute atomic E-state index is 0.195. The average molecular weight is 337 g/mol. The lowest BCUT2D eigenvalue weighted by Gasteiger charge is -2.12. The minimum Gasteiger partial charge on any atom is -0.480 e. The van der Waals surface area contributed by atoms with E-state index in [0.717, 1.165) is 5.39 Å². The molecule has 0 spiro atoms. The maximum absolute atomic E-state index is 11.8. The number of aliphatic hydroxyl groups is 2. The van der Waals surface area contributed by atoms with E-state index in [1.54, 1.807) is 37.4 Å². The Balaban J connectivity index is 1.92. The monoisotopic (exact) mass is 336 g/mol. The van der Waals surface area contributed by atoms with Crippen LogP contribution in [0.3, 0.4) is 0 Å². The zero-order chi connectivity index (χ0) is 16.7. The van der Waals surface area contributed by atoms with E-state index in [2.05, 4.69) is 16.3 Å². The lowest BCUT2D eigenvalue weighted by molar-refractivity contribution is -0.158. The first-order chi connectivity index (χ1) is 11.1. The van der Waals surface area contributed by atoms with Gasteiger partial charge in [0.15, 0.2) is 25.9 Å². The highest BCUT2D eigenvalue weighted by molar-refractivity contribution is 6.35. The zero-order valence-electron chi connectivity index (χ0n) is 12.9. The number of carbonyl (C=O) groups is 1. The second-order valence-corrected chi connectivity index (χ2v) is 5.32. The van der Waals surface area contributed by atoms with Crippen molar-refractivity contribution < 1.29 is 19.0 Å². The fourth-order valence-electron chi connectivity index (χ4n) is 2.01. The van der Waals surface area contributed by atoms with Gasteiger partial charge in [-0.3, -0.25) is 4.98 Å². The Morgan fingerprint density at radius 2 is 2.30 bits per heavy atom. The normalized spacial score (nSPS) is 11.9. The summed E-state index contributed by atoms with van der Waals surface area (Å²) in [6, 6.07) is 7.04. The molecule has 0 radical (unpaired) electrons. The number of pyridine rings is 1. The standard InChI is InChI=1S/C17H18ClNO4/c1-3-9-21-10-12(2)23-16(20)11-22-15-7-6-14(18)13-5-4-8-19-17(13)15/h3-8,12H,1,9-11H2,2H3/p+1. The molecule has 1 aromatic carbocycles. The van der Waals surface area contributed by atoms with Crippen LogP contribution in [0.15, 0.2) is 43.1 Å². The summed E-state index contributed by atoms with van der Waals surface area (Å²) in [5.41, 5.74) is 0.613. The molecule has 2 aromatic rings. The zero-order valence-corrected chi connectivity index (χ0v) is 13.6. The SMILES string of the molecule is C=CC[OH+]CC(C)OC(=O)COc1ccc(Cl)c2cccnc12. The molecule has 2 rings (SSSR count). The molecule has 0 aliphatic rings. The third kappa shape index (κ3) is 4.94. The number of nitrogens with zero attached hydrogens (tertiary/aromatic N) is 1. The maximum atomic E-state index is 11.8. The fraction of sp³-hybridized carbons (Fsp3) is 0.294. The maximum Gasteiger partial charge on any atom is 0.344 e. The highest BCUT2D eigenvalue weighted by Gasteiger charge is 2.14. The molecular weight excluding hydrogens is 318 g/mol. The van der Waals surface area contributed by atoms with Crippen LogP contribution in [0.2, 0.25) is 5.02 Å². The van der Waals surface area contributed by atoms with Gasteiger partial charge >= 0.3 is 5.97 Å². The number of esters is 1. The Labute approximate surface area is 139 Å². The van der Waals surface area contributed by atoms with Crippen LogP contribution in [-0.2, 0) is 9.53 Å². The van der Waals surface area contributed by atoms with Gasteiger partial charge in [0, 0.05) is 11.6 Å². The van der Waals surface area contributed by atoms with Gasteiger partial charge in [0.1, 0.15) is 11.3 Å². The van der Waals surface area contributed by atoms with Crippen LogP contribution in [0.1, 0.15) is 6.92 Å². The van der Waals surface area contributed by atoms with E-state index in [9.17, 15) is 4.79 Å². The molecule has 1 heterocycles. The Bertz CT molecular complexity index is 689. The molecule has 0 amide bonds. The molecule has 0 fully saturated rings. The molecule has 1 N–H and O–H groups in total. The van der Waals surface area contributed by atoms with Crippen molar-refractivity contribution in [1.82, 2.24) is 4.98 Å². The average Bonchev–Trinajstić information content (AvgIpc) is 2.55. The van der Waals surface area contributed by atoms with E-state index in [-0.39, 0.29) is 12.7 Å². The van der Waals surface area contributed by atoms with Crippen LogP contribution in [0.4, 0.5) is 0 Å². The van der Waals surface area contributed by atoms with Crippen molar-refractivity contribution in [3.05, 3.63) is 48.1 Å². The number of hydrogen-bond acceptors (Lipinski definition) is 4. The first-order valence-corrected chi connectivity index (χ1v) is 7.59. The number of benzene rings is 1. The van der Waals surface area contributed by atoms with Crippen LogP contribution in [0, 0.1) is 0 Å². The van der Waals surface area contributed by atoms with Crippen molar-refractivity contribution >= 4 is 28.5 Å². The molecule has 1 aromatic heterocycles. The molecule has 1 unspecified atom stereocenters.